The second kappa shape index (κ2) is 5.17. The van der Waals surface area contributed by atoms with E-state index in [0.717, 1.165) is 0 Å². The number of carbonyl (C=O) groups is 2. The van der Waals surface area contributed by atoms with Crippen LogP contribution in [0.25, 0.3) is 5.95 Å². The van der Waals surface area contributed by atoms with Crippen LogP contribution in [0, 0.1) is 0 Å². The molecule has 0 aliphatic carbocycles. The van der Waals surface area contributed by atoms with Gasteiger partial charge in [-0.05, 0) is 13.0 Å². The fraction of sp³-hybridized carbons (Fsp3) is 0.182. The monoisotopic (exact) mass is 246 g/mol. The molecule has 2 aromatic rings. The summed E-state index contributed by atoms with van der Waals surface area (Å²) >= 11 is 0. The fourth-order valence-corrected chi connectivity index (χ4v) is 1.35. The molecule has 0 amide bonds. The molecular formula is C11H10N4O3. The molecule has 0 saturated heterocycles. The van der Waals surface area contributed by atoms with Gasteiger partial charge in [-0.1, -0.05) is 0 Å². The molecule has 0 N–H and O–H groups in total. The summed E-state index contributed by atoms with van der Waals surface area (Å²) in [6, 6.07) is 1.65. The van der Waals surface area contributed by atoms with E-state index in [9.17, 15) is 9.59 Å². The van der Waals surface area contributed by atoms with Gasteiger partial charge in [0.15, 0.2) is 6.29 Å². The van der Waals surface area contributed by atoms with E-state index in [1.807, 2.05) is 0 Å². The summed E-state index contributed by atoms with van der Waals surface area (Å²) in [4.78, 5) is 30.4. The van der Waals surface area contributed by atoms with Gasteiger partial charge in [0.05, 0.1) is 6.61 Å². The third-order valence-electron chi connectivity index (χ3n) is 2.11. The highest BCUT2D eigenvalue weighted by molar-refractivity contribution is 5.96. The van der Waals surface area contributed by atoms with Crippen LogP contribution in [0.1, 0.15) is 27.8 Å². The van der Waals surface area contributed by atoms with Gasteiger partial charge in [0.1, 0.15) is 11.3 Å². The number of aromatic nitrogens is 4. The average Bonchev–Trinajstić information content (AvgIpc) is 2.84. The first kappa shape index (κ1) is 11.9. The van der Waals surface area contributed by atoms with Crippen LogP contribution in [0.4, 0.5) is 0 Å². The van der Waals surface area contributed by atoms with Crippen molar-refractivity contribution >= 4 is 12.3 Å². The average molecular weight is 246 g/mol. The molecule has 2 rings (SSSR count). The van der Waals surface area contributed by atoms with Crippen molar-refractivity contribution in [3.63, 3.8) is 0 Å². The Bertz CT molecular complexity index is 565. The maximum Gasteiger partial charge on any atom is 0.342 e. The molecule has 0 unspecified atom stereocenters. The van der Waals surface area contributed by atoms with Gasteiger partial charge in [0, 0.05) is 18.6 Å². The first-order chi connectivity index (χ1) is 8.76. The summed E-state index contributed by atoms with van der Waals surface area (Å²) < 4.78 is 6.09. The Hall–Kier alpha value is -2.57. The SMILES string of the molecule is CCOC(=O)c1cn(-c2ncccn2)nc1C=O. The highest BCUT2D eigenvalue weighted by Gasteiger charge is 2.18. The highest BCUT2D eigenvalue weighted by Crippen LogP contribution is 2.09. The lowest BCUT2D eigenvalue weighted by Crippen LogP contribution is -2.06. The van der Waals surface area contributed by atoms with Gasteiger partial charge < -0.3 is 4.74 Å². The molecule has 0 aliphatic heterocycles. The lowest BCUT2D eigenvalue weighted by atomic mass is 10.3. The minimum Gasteiger partial charge on any atom is -0.462 e. The van der Waals surface area contributed by atoms with E-state index in [-0.39, 0.29) is 23.8 Å². The van der Waals surface area contributed by atoms with Gasteiger partial charge >= 0.3 is 5.97 Å². The van der Waals surface area contributed by atoms with Crippen LogP contribution in [-0.4, -0.2) is 38.6 Å². The lowest BCUT2D eigenvalue weighted by Gasteiger charge is -1.97. The first-order valence-electron chi connectivity index (χ1n) is 5.25. The zero-order chi connectivity index (χ0) is 13.0. The zero-order valence-corrected chi connectivity index (χ0v) is 9.61. The molecule has 0 aromatic carbocycles. The van der Waals surface area contributed by atoms with Crippen molar-refractivity contribution in [2.24, 2.45) is 0 Å². The van der Waals surface area contributed by atoms with Gasteiger partial charge in [-0.25, -0.2) is 19.4 Å². The van der Waals surface area contributed by atoms with E-state index in [1.54, 1.807) is 13.0 Å². The van der Waals surface area contributed by atoms with Crippen LogP contribution in [0.15, 0.2) is 24.7 Å². The number of hydrogen-bond acceptors (Lipinski definition) is 6. The van der Waals surface area contributed by atoms with Crippen LogP contribution in [-0.2, 0) is 4.74 Å². The summed E-state index contributed by atoms with van der Waals surface area (Å²) in [5, 5.41) is 3.93. The van der Waals surface area contributed by atoms with E-state index in [1.165, 1.54) is 23.3 Å². The molecule has 18 heavy (non-hydrogen) atoms. The Morgan fingerprint density at radius 1 is 1.44 bits per heavy atom. The molecule has 0 atom stereocenters. The Morgan fingerprint density at radius 3 is 2.78 bits per heavy atom. The Morgan fingerprint density at radius 2 is 2.17 bits per heavy atom. The third kappa shape index (κ3) is 2.24. The number of esters is 1. The second-order valence-electron chi connectivity index (χ2n) is 3.26. The molecule has 0 spiro atoms. The topological polar surface area (TPSA) is 87.0 Å². The minimum atomic E-state index is -0.596. The maximum atomic E-state index is 11.6. The minimum absolute atomic E-state index is 0.000836. The van der Waals surface area contributed by atoms with Crippen LogP contribution in [0.3, 0.4) is 0 Å². The number of carbonyl (C=O) groups excluding carboxylic acids is 2. The normalized spacial score (nSPS) is 10.1. The van der Waals surface area contributed by atoms with E-state index in [4.69, 9.17) is 4.74 Å². The fourth-order valence-electron chi connectivity index (χ4n) is 1.35. The molecule has 7 heteroatoms. The summed E-state index contributed by atoms with van der Waals surface area (Å²) in [7, 11) is 0. The summed E-state index contributed by atoms with van der Waals surface area (Å²) in [6.07, 6.45) is 4.94. The van der Waals surface area contributed by atoms with Crippen LogP contribution in [0.5, 0.6) is 0 Å². The van der Waals surface area contributed by atoms with Crippen LogP contribution >= 0.6 is 0 Å². The van der Waals surface area contributed by atoms with Gasteiger partial charge in [-0.3, -0.25) is 4.79 Å². The molecule has 0 fully saturated rings. The van der Waals surface area contributed by atoms with Crippen LogP contribution < -0.4 is 0 Å². The van der Waals surface area contributed by atoms with Crippen molar-refractivity contribution in [3.8, 4) is 5.95 Å². The number of rotatable bonds is 4. The molecule has 0 aliphatic rings. The van der Waals surface area contributed by atoms with E-state index in [2.05, 4.69) is 15.1 Å². The number of hydrogen-bond donors (Lipinski definition) is 0. The third-order valence-corrected chi connectivity index (χ3v) is 2.11. The van der Waals surface area contributed by atoms with Crippen molar-refractivity contribution in [3.05, 3.63) is 35.9 Å². The predicted octanol–water partition coefficient (Wildman–Crippen LogP) is 0.651. The molecule has 0 bridgehead atoms. The zero-order valence-electron chi connectivity index (χ0n) is 9.61. The molecule has 0 saturated carbocycles. The smallest absolute Gasteiger partial charge is 0.342 e. The van der Waals surface area contributed by atoms with E-state index >= 15 is 0 Å². The molecule has 2 aromatic heterocycles. The second-order valence-corrected chi connectivity index (χ2v) is 3.26. The van der Waals surface area contributed by atoms with Gasteiger partial charge in [-0.15, -0.1) is 0 Å². The van der Waals surface area contributed by atoms with Gasteiger partial charge in [0.25, 0.3) is 0 Å². The quantitative estimate of drug-likeness (QED) is 0.581. The van der Waals surface area contributed by atoms with Crippen molar-refractivity contribution in [2.75, 3.05) is 6.61 Å². The van der Waals surface area contributed by atoms with Crippen molar-refractivity contribution < 1.29 is 14.3 Å². The lowest BCUT2D eigenvalue weighted by molar-refractivity contribution is 0.0524. The summed E-state index contributed by atoms with van der Waals surface area (Å²) in [5.74, 6) is -0.321. The van der Waals surface area contributed by atoms with Crippen molar-refractivity contribution in [2.45, 2.75) is 6.92 Å². The van der Waals surface area contributed by atoms with Crippen LogP contribution in [0.2, 0.25) is 0 Å². The number of aldehydes is 1. The Balaban J connectivity index is 2.41. The van der Waals surface area contributed by atoms with Gasteiger partial charge in [-0.2, -0.15) is 5.10 Å². The largest absolute Gasteiger partial charge is 0.462 e. The van der Waals surface area contributed by atoms with E-state index in [0.29, 0.717) is 6.29 Å². The molecule has 2 heterocycles. The molecular weight excluding hydrogens is 236 g/mol. The Kier molecular flexibility index (Phi) is 3.42. The van der Waals surface area contributed by atoms with Gasteiger partial charge in [0.2, 0.25) is 5.95 Å². The van der Waals surface area contributed by atoms with Crippen molar-refractivity contribution in [1.82, 2.24) is 19.7 Å². The van der Waals surface area contributed by atoms with E-state index < -0.39 is 5.97 Å². The molecule has 0 radical (unpaired) electrons. The highest BCUT2D eigenvalue weighted by atomic mass is 16.5. The van der Waals surface area contributed by atoms with Crippen molar-refractivity contribution in [1.29, 1.82) is 0 Å². The Labute approximate surface area is 102 Å². The summed E-state index contributed by atoms with van der Waals surface area (Å²) in [6.45, 7) is 1.91. The first-order valence-corrected chi connectivity index (χ1v) is 5.25. The standard InChI is InChI=1S/C11H10N4O3/c1-2-18-10(17)8-6-15(14-9(8)7-16)11-12-4-3-5-13-11/h3-7H,2H2,1H3. The molecule has 92 valence electrons. The number of ether oxygens (including phenoxy) is 1. The maximum absolute atomic E-state index is 11.6. The molecule has 7 nitrogen and oxygen atoms in total. The summed E-state index contributed by atoms with van der Waals surface area (Å²) in [5.41, 5.74) is 0.0974. The number of nitrogens with zero attached hydrogens (tertiary/aromatic N) is 4. The predicted molar refractivity (Wildman–Crippen MR) is 60.5 cm³/mol.